The highest BCUT2D eigenvalue weighted by molar-refractivity contribution is 7.89. The zero-order valence-electron chi connectivity index (χ0n) is 20.9. The summed E-state index contributed by atoms with van der Waals surface area (Å²) in [5, 5.41) is 11.0. The summed E-state index contributed by atoms with van der Waals surface area (Å²) in [4.78, 5) is 25.5. The van der Waals surface area contributed by atoms with Crippen molar-refractivity contribution < 1.29 is 36.8 Å². The molecule has 1 aromatic heterocycles. The summed E-state index contributed by atoms with van der Waals surface area (Å²) in [6.07, 6.45) is 2.59. The molecule has 206 valence electrons. The summed E-state index contributed by atoms with van der Waals surface area (Å²) in [7, 11) is -4.18. The van der Waals surface area contributed by atoms with Gasteiger partial charge in [0.15, 0.2) is 11.5 Å². The minimum absolute atomic E-state index is 0.0241. The van der Waals surface area contributed by atoms with E-state index in [2.05, 4.69) is 0 Å². The number of nitro groups is 1. The van der Waals surface area contributed by atoms with Crippen LogP contribution in [0.1, 0.15) is 24.2 Å². The number of fused-ring (bicyclic) bond motifs is 1. The first kappa shape index (κ1) is 26.7. The van der Waals surface area contributed by atoms with Gasteiger partial charge in [-0.15, -0.1) is 0 Å². The summed E-state index contributed by atoms with van der Waals surface area (Å²) in [6.45, 7) is 0.437. The van der Waals surface area contributed by atoms with E-state index in [1.807, 2.05) is 6.07 Å². The van der Waals surface area contributed by atoms with Crippen molar-refractivity contribution in [2.24, 2.45) is 0 Å². The van der Waals surface area contributed by atoms with Crippen LogP contribution in [0.3, 0.4) is 0 Å². The normalized spacial score (nSPS) is 16.5. The molecule has 13 heteroatoms. The first-order valence-electron chi connectivity index (χ1n) is 12.3. The highest BCUT2D eigenvalue weighted by Gasteiger charge is 2.33. The van der Waals surface area contributed by atoms with Gasteiger partial charge >= 0.3 is 0 Å². The molecule has 1 fully saturated rings. The van der Waals surface area contributed by atoms with Crippen LogP contribution >= 0.6 is 0 Å². The number of carbonyl (C=O) groups is 1. The SMILES string of the molecule is O=C(CN(CC1CCCO1)S(=O)(=O)c1ccc([N+](=O)[O-])cc1)N(Cc1ccc2c(c1)OCO2)Cc1ccco1. The molecule has 1 saturated heterocycles. The van der Waals surface area contributed by atoms with E-state index in [0.717, 1.165) is 28.4 Å². The van der Waals surface area contributed by atoms with Crippen molar-refractivity contribution in [2.45, 2.75) is 36.9 Å². The predicted octanol–water partition coefficient (Wildman–Crippen LogP) is 3.32. The first-order valence-corrected chi connectivity index (χ1v) is 13.8. The Morgan fingerprint density at radius 1 is 1.05 bits per heavy atom. The average molecular weight is 558 g/mol. The van der Waals surface area contributed by atoms with E-state index in [4.69, 9.17) is 18.6 Å². The maximum Gasteiger partial charge on any atom is 0.269 e. The molecule has 1 atom stereocenters. The molecule has 0 N–H and O–H groups in total. The number of rotatable bonds is 11. The standard InChI is InChI=1S/C26H27N3O9S/c30-26(27(15-21-3-1-11-35-21)14-19-5-10-24-25(13-19)38-18-37-24)17-28(16-22-4-2-12-36-22)39(33,34)23-8-6-20(7-9-23)29(31)32/h1,3,5-11,13,22H,2,4,12,14-18H2. The lowest BCUT2D eigenvalue weighted by atomic mass is 10.2. The Kier molecular flexibility index (Phi) is 7.82. The van der Waals surface area contributed by atoms with Crippen LogP contribution in [0.15, 0.2) is 70.2 Å². The summed E-state index contributed by atoms with van der Waals surface area (Å²) < 4.78 is 50.3. The quantitative estimate of drug-likeness (QED) is 0.256. The van der Waals surface area contributed by atoms with Gasteiger partial charge in [0, 0.05) is 31.8 Å². The van der Waals surface area contributed by atoms with Crippen LogP contribution in [0.4, 0.5) is 5.69 Å². The van der Waals surface area contributed by atoms with Gasteiger partial charge in [-0.05, 0) is 54.8 Å². The van der Waals surface area contributed by atoms with E-state index in [0.29, 0.717) is 30.3 Å². The molecule has 1 unspecified atom stereocenters. The molecule has 0 saturated carbocycles. The lowest BCUT2D eigenvalue weighted by Gasteiger charge is -2.28. The van der Waals surface area contributed by atoms with Crippen LogP contribution < -0.4 is 9.47 Å². The van der Waals surface area contributed by atoms with Gasteiger partial charge in [-0.1, -0.05) is 6.07 Å². The zero-order chi connectivity index (χ0) is 27.4. The fourth-order valence-electron chi connectivity index (χ4n) is 4.49. The van der Waals surface area contributed by atoms with Gasteiger partial charge in [0.1, 0.15) is 5.76 Å². The van der Waals surface area contributed by atoms with Crippen LogP contribution in [0.25, 0.3) is 0 Å². The number of nitrogens with zero attached hydrogens (tertiary/aromatic N) is 3. The summed E-state index contributed by atoms with van der Waals surface area (Å²) in [5.41, 5.74) is 0.534. The lowest BCUT2D eigenvalue weighted by molar-refractivity contribution is -0.384. The second kappa shape index (κ2) is 11.4. The van der Waals surface area contributed by atoms with Crippen molar-refractivity contribution in [3.8, 4) is 11.5 Å². The van der Waals surface area contributed by atoms with Crippen LogP contribution in [-0.2, 0) is 32.6 Å². The molecule has 0 aliphatic carbocycles. The van der Waals surface area contributed by atoms with Crippen molar-refractivity contribution in [1.29, 1.82) is 0 Å². The largest absolute Gasteiger partial charge is 0.467 e. The van der Waals surface area contributed by atoms with Gasteiger partial charge in [-0.25, -0.2) is 8.42 Å². The molecule has 2 aliphatic rings. The van der Waals surface area contributed by atoms with Gasteiger partial charge in [0.2, 0.25) is 22.7 Å². The monoisotopic (exact) mass is 557 g/mol. The maximum absolute atomic E-state index is 13.7. The van der Waals surface area contributed by atoms with Crippen LogP contribution in [0.5, 0.6) is 11.5 Å². The number of amides is 1. The molecule has 3 heterocycles. The van der Waals surface area contributed by atoms with E-state index in [-0.39, 0.29) is 43.1 Å². The van der Waals surface area contributed by atoms with E-state index in [9.17, 15) is 23.3 Å². The van der Waals surface area contributed by atoms with Crippen molar-refractivity contribution >= 4 is 21.6 Å². The summed E-state index contributed by atoms with van der Waals surface area (Å²) in [6, 6.07) is 13.4. The third-order valence-electron chi connectivity index (χ3n) is 6.52. The number of nitro benzene ring substituents is 1. The molecule has 2 aromatic carbocycles. The summed E-state index contributed by atoms with van der Waals surface area (Å²) >= 11 is 0. The van der Waals surface area contributed by atoms with Gasteiger partial charge in [-0.2, -0.15) is 4.31 Å². The smallest absolute Gasteiger partial charge is 0.269 e. The summed E-state index contributed by atoms with van der Waals surface area (Å²) in [5.74, 6) is 1.26. The number of carbonyl (C=O) groups excluding carboxylic acids is 1. The van der Waals surface area contributed by atoms with Crippen LogP contribution in [0.2, 0.25) is 0 Å². The number of hydrogen-bond acceptors (Lipinski definition) is 9. The molecule has 5 rings (SSSR count). The highest BCUT2D eigenvalue weighted by Crippen LogP contribution is 2.33. The van der Waals surface area contributed by atoms with E-state index in [1.165, 1.54) is 23.3 Å². The average Bonchev–Trinajstić information content (AvgIpc) is 3.71. The molecule has 3 aromatic rings. The predicted molar refractivity (Wildman–Crippen MR) is 136 cm³/mol. The minimum atomic E-state index is -4.18. The molecular weight excluding hydrogens is 530 g/mol. The molecule has 0 radical (unpaired) electrons. The number of non-ortho nitro benzene ring substituents is 1. The van der Waals surface area contributed by atoms with Crippen molar-refractivity contribution in [1.82, 2.24) is 9.21 Å². The second-order valence-corrected chi connectivity index (χ2v) is 11.1. The van der Waals surface area contributed by atoms with Crippen LogP contribution in [0, 0.1) is 10.1 Å². The third kappa shape index (κ3) is 6.21. The Morgan fingerprint density at radius 3 is 2.54 bits per heavy atom. The van der Waals surface area contributed by atoms with Crippen LogP contribution in [-0.4, -0.2) is 61.0 Å². The molecule has 39 heavy (non-hydrogen) atoms. The Labute approximate surface area is 224 Å². The topological polar surface area (TPSA) is 142 Å². The van der Waals surface area contributed by atoms with E-state index < -0.39 is 27.4 Å². The lowest BCUT2D eigenvalue weighted by Crippen LogP contribution is -2.45. The van der Waals surface area contributed by atoms with Crippen molar-refractivity contribution in [3.63, 3.8) is 0 Å². The van der Waals surface area contributed by atoms with Gasteiger partial charge < -0.3 is 23.5 Å². The number of furan rings is 1. The minimum Gasteiger partial charge on any atom is -0.467 e. The Bertz CT molecular complexity index is 1420. The first-order chi connectivity index (χ1) is 18.8. The molecule has 2 aliphatic heterocycles. The van der Waals surface area contributed by atoms with E-state index in [1.54, 1.807) is 24.3 Å². The van der Waals surface area contributed by atoms with Gasteiger partial charge in [0.25, 0.3) is 5.69 Å². The molecule has 1 amide bonds. The molecule has 0 spiro atoms. The number of sulfonamides is 1. The van der Waals surface area contributed by atoms with Gasteiger partial charge in [-0.3, -0.25) is 14.9 Å². The van der Waals surface area contributed by atoms with Crippen molar-refractivity contribution in [3.05, 3.63) is 82.3 Å². The van der Waals surface area contributed by atoms with E-state index >= 15 is 0 Å². The molecular formula is C26H27N3O9S. The fraction of sp³-hybridized carbons (Fsp3) is 0.346. The number of benzene rings is 2. The Balaban J connectivity index is 1.40. The number of ether oxygens (including phenoxy) is 3. The fourth-order valence-corrected chi connectivity index (χ4v) is 5.91. The highest BCUT2D eigenvalue weighted by atomic mass is 32.2. The zero-order valence-corrected chi connectivity index (χ0v) is 21.7. The maximum atomic E-state index is 13.7. The number of hydrogen-bond donors (Lipinski definition) is 0. The van der Waals surface area contributed by atoms with Crippen molar-refractivity contribution in [2.75, 3.05) is 26.5 Å². The molecule has 12 nitrogen and oxygen atoms in total. The van der Waals surface area contributed by atoms with Gasteiger partial charge in [0.05, 0.1) is 35.3 Å². The third-order valence-corrected chi connectivity index (χ3v) is 8.34. The Hall–Kier alpha value is -3.94. The second-order valence-electron chi connectivity index (χ2n) is 9.20. The Morgan fingerprint density at radius 2 is 1.85 bits per heavy atom. The molecule has 0 bridgehead atoms.